The first-order valence-electron chi connectivity index (χ1n) is 10.0. The Labute approximate surface area is 165 Å². The second kappa shape index (κ2) is 8.56. The largest absolute Gasteiger partial charge is 0.351 e. The molecule has 28 heavy (non-hydrogen) atoms. The van der Waals surface area contributed by atoms with Crippen molar-refractivity contribution in [2.24, 2.45) is 5.92 Å². The predicted octanol–water partition coefficient (Wildman–Crippen LogP) is 0.975. The SMILES string of the molecule is O=C(CN1CCN(C(=O)C2CCc3[nH]ncc3C2)CC1)NCc1ccccc1. The van der Waals surface area contributed by atoms with Gasteiger partial charge in [-0.05, 0) is 30.4 Å². The molecule has 7 nitrogen and oxygen atoms in total. The van der Waals surface area contributed by atoms with Crippen molar-refractivity contribution in [3.05, 3.63) is 53.3 Å². The zero-order valence-electron chi connectivity index (χ0n) is 16.1. The smallest absolute Gasteiger partial charge is 0.234 e. The molecule has 0 bridgehead atoms. The zero-order valence-corrected chi connectivity index (χ0v) is 16.1. The number of hydrogen-bond acceptors (Lipinski definition) is 4. The van der Waals surface area contributed by atoms with Crippen LogP contribution in [-0.4, -0.2) is 64.5 Å². The molecule has 2 amide bonds. The van der Waals surface area contributed by atoms with Gasteiger partial charge in [-0.15, -0.1) is 0 Å². The first kappa shape index (κ1) is 18.7. The number of aromatic nitrogens is 2. The number of H-pyrrole nitrogens is 1. The summed E-state index contributed by atoms with van der Waals surface area (Å²) < 4.78 is 0. The Kier molecular flexibility index (Phi) is 5.71. The minimum Gasteiger partial charge on any atom is -0.351 e. The average molecular weight is 381 g/mol. The molecule has 1 atom stereocenters. The van der Waals surface area contributed by atoms with Crippen LogP contribution in [0.15, 0.2) is 36.5 Å². The molecule has 4 rings (SSSR count). The second-order valence-corrected chi connectivity index (χ2v) is 7.68. The molecule has 1 fully saturated rings. The van der Waals surface area contributed by atoms with Crippen molar-refractivity contribution in [1.29, 1.82) is 0 Å². The van der Waals surface area contributed by atoms with Crippen LogP contribution in [0, 0.1) is 5.92 Å². The van der Waals surface area contributed by atoms with Crippen LogP contribution in [0.2, 0.25) is 0 Å². The number of nitrogens with zero attached hydrogens (tertiary/aromatic N) is 3. The summed E-state index contributed by atoms with van der Waals surface area (Å²) in [5.74, 6) is 0.342. The van der Waals surface area contributed by atoms with Crippen LogP contribution in [-0.2, 0) is 29.0 Å². The number of benzene rings is 1. The van der Waals surface area contributed by atoms with Crippen LogP contribution >= 0.6 is 0 Å². The molecule has 2 N–H and O–H groups in total. The minimum absolute atomic E-state index is 0.0309. The molecule has 0 spiro atoms. The van der Waals surface area contributed by atoms with Crippen molar-refractivity contribution < 1.29 is 9.59 Å². The summed E-state index contributed by atoms with van der Waals surface area (Å²) in [6.07, 6.45) is 4.41. The highest BCUT2D eigenvalue weighted by Gasteiger charge is 2.31. The average Bonchev–Trinajstić information content (AvgIpc) is 3.21. The van der Waals surface area contributed by atoms with Crippen molar-refractivity contribution in [3.8, 4) is 0 Å². The quantitative estimate of drug-likeness (QED) is 0.809. The van der Waals surface area contributed by atoms with E-state index < -0.39 is 0 Å². The number of piperazine rings is 1. The maximum Gasteiger partial charge on any atom is 0.234 e. The van der Waals surface area contributed by atoms with Crippen LogP contribution in [0.3, 0.4) is 0 Å². The maximum atomic E-state index is 12.9. The fourth-order valence-electron chi connectivity index (χ4n) is 4.07. The van der Waals surface area contributed by atoms with Crippen LogP contribution in [0.4, 0.5) is 0 Å². The third-order valence-corrected chi connectivity index (χ3v) is 5.75. The standard InChI is InChI=1S/C21H27N5O2/c27-20(22-13-16-4-2-1-3-5-16)15-25-8-10-26(11-9-25)21(28)17-6-7-19-18(12-17)14-23-24-19/h1-5,14,17H,6-13,15H2,(H,22,27)(H,23,24). The lowest BCUT2D eigenvalue weighted by molar-refractivity contribution is -0.137. The summed E-state index contributed by atoms with van der Waals surface area (Å²) in [7, 11) is 0. The van der Waals surface area contributed by atoms with E-state index in [2.05, 4.69) is 20.4 Å². The molecule has 1 saturated heterocycles. The third-order valence-electron chi connectivity index (χ3n) is 5.75. The van der Waals surface area contributed by atoms with Gasteiger partial charge in [-0.3, -0.25) is 19.6 Å². The number of aryl methyl sites for hydroxylation is 1. The highest BCUT2D eigenvalue weighted by atomic mass is 16.2. The molecule has 2 heterocycles. The Bertz CT molecular complexity index is 811. The molecule has 1 aromatic carbocycles. The van der Waals surface area contributed by atoms with E-state index in [1.165, 1.54) is 11.3 Å². The molecule has 1 aliphatic carbocycles. The van der Waals surface area contributed by atoms with Gasteiger partial charge in [0.25, 0.3) is 0 Å². The molecular formula is C21H27N5O2. The topological polar surface area (TPSA) is 81.3 Å². The fourth-order valence-corrected chi connectivity index (χ4v) is 4.07. The summed E-state index contributed by atoms with van der Waals surface area (Å²) >= 11 is 0. The lowest BCUT2D eigenvalue weighted by atomic mass is 9.87. The van der Waals surface area contributed by atoms with Crippen LogP contribution in [0.5, 0.6) is 0 Å². The number of aromatic amines is 1. The number of amides is 2. The maximum absolute atomic E-state index is 12.9. The molecule has 0 saturated carbocycles. The van der Waals surface area contributed by atoms with Gasteiger partial charge < -0.3 is 10.2 Å². The van der Waals surface area contributed by atoms with E-state index in [0.29, 0.717) is 26.2 Å². The molecule has 1 aromatic heterocycles. The Morgan fingerprint density at radius 2 is 1.93 bits per heavy atom. The summed E-state index contributed by atoms with van der Waals surface area (Å²) in [5.41, 5.74) is 3.45. The van der Waals surface area contributed by atoms with Crippen molar-refractivity contribution in [3.63, 3.8) is 0 Å². The molecular weight excluding hydrogens is 354 g/mol. The highest BCUT2D eigenvalue weighted by Crippen LogP contribution is 2.25. The van der Waals surface area contributed by atoms with E-state index in [9.17, 15) is 9.59 Å². The Balaban J connectivity index is 1.20. The van der Waals surface area contributed by atoms with Gasteiger partial charge in [-0.1, -0.05) is 30.3 Å². The number of fused-ring (bicyclic) bond motifs is 1. The minimum atomic E-state index is 0.0309. The van der Waals surface area contributed by atoms with E-state index >= 15 is 0 Å². The first-order chi connectivity index (χ1) is 13.7. The fraction of sp³-hybridized carbons (Fsp3) is 0.476. The van der Waals surface area contributed by atoms with Gasteiger partial charge in [0.2, 0.25) is 11.8 Å². The van der Waals surface area contributed by atoms with Gasteiger partial charge in [-0.2, -0.15) is 5.10 Å². The number of nitrogens with one attached hydrogen (secondary N) is 2. The van der Waals surface area contributed by atoms with E-state index in [-0.39, 0.29) is 17.7 Å². The van der Waals surface area contributed by atoms with E-state index in [1.807, 2.05) is 41.4 Å². The van der Waals surface area contributed by atoms with Crippen molar-refractivity contribution >= 4 is 11.8 Å². The van der Waals surface area contributed by atoms with Crippen LogP contribution in [0.1, 0.15) is 23.2 Å². The van der Waals surface area contributed by atoms with Gasteiger partial charge in [-0.25, -0.2) is 0 Å². The van der Waals surface area contributed by atoms with Gasteiger partial charge in [0.1, 0.15) is 0 Å². The van der Waals surface area contributed by atoms with Crippen LogP contribution in [0.25, 0.3) is 0 Å². The number of carbonyl (C=O) groups excluding carboxylic acids is 2. The molecule has 2 aromatic rings. The van der Waals surface area contributed by atoms with Crippen LogP contribution < -0.4 is 5.32 Å². The van der Waals surface area contributed by atoms with Gasteiger partial charge in [0.05, 0.1) is 12.7 Å². The zero-order chi connectivity index (χ0) is 19.3. The van der Waals surface area contributed by atoms with Gasteiger partial charge in [0, 0.05) is 44.3 Å². The summed E-state index contributed by atoms with van der Waals surface area (Å²) in [4.78, 5) is 29.2. The summed E-state index contributed by atoms with van der Waals surface area (Å²) in [6, 6.07) is 9.91. The van der Waals surface area contributed by atoms with Crippen molar-refractivity contribution in [1.82, 2.24) is 25.3 Å². The van der Waals surface area contributed by atoms with Gasteiger partial charge >= 0.3 is 0 Å². The Morgan fingerprint density at radius 3 is 2.71 bits per heavy atom. The normalized spacial score (nSPS) is 19.9. The van der Waals surface area contributed by atoms with Crippen molar-refractivity contribution in [2.45, 2.75) is 25.8 Å². The van der Waals surface area contributed by atoms with E-state index in [1.54, 1.807) is 0 Å². The number of rotatable bonds is 5. The Hall–Kier alpha value is -2.67. The molecule has 1 aliphatic heterocycles. The molecule has 148 valence electrons. The number of carbonyl (C=O) groups is 2. The lowest BCUT2D eigenvalue weighted by Gasteiger charge is -2.36. The summed E-state index contributed by atoms with van der Waals surface area (Å²) in [6.45, 7) is 3.81. The Morgan fingerprint density at radius 1 is 1.14 bits per heavy atom. The van der Waals surface area contributed by atoms with E-state index in [4.69, 9.17) is 0 Å². The summed E-state index contributed by atoms with van der Waals surface area (Å²) in [5, 5.41) is 10.1. The molecule has 2 aliphatic rings. The first-order valence-corrected chi connectivity index (χ1v) is 10.0. The highest BCUT2D eigenvalue weighted by molar-refractivity contribution is 5.80. The predicted molar refractivity (Wildman–Crippen MR) is 105 cm³/mol. The second-order valence-electron chi connectivity index (χ2n) is 7.68. The van der Waals surface area contributed by atoms with E-state index in [0.717, 1.165) is 37.9 Å². The molecule has 7 heteroatoms. The lowest BCUT2D eigenvalue weighted by Crippen LogP contribution is -2.52. The molecule has 1 unspecified atom stereocenters. The van der Waals surface area contributed by atoms with Crippen molar-refractivity contribution in [2.75, 3.05) is 32.7 Å². The number of hydrogen-bond donors (Lipinski definition) is 2. The van der Waals surface area contributed by atoms with Gasteiger partial charge in [0.15, 0.2) is 0 Å². The molecule has 0 radical (unpaired) electrons. The monoisotopic (exact) mass is 381 g/mol. The third kappa shape index (κ3) is 4.42.